The number of fused-ring (bicyclic) bond motifs is 1. The molecule has 0 saturated carbocycles. The van der Waals surface area contributed by atoms with Gasteiger partial charge in [0.15, 0.2) is 0 Å². The maximum Gasteiger partial charge on any atom is 0.254 e. The van der Waals surface area contributed by atoms with E-state index < -0.39 is 6.04 Å². The van der Waals surface area contributed by atoms with Gasteiger partial charge in [0.25, 0.3) is 5.91 Å². The van der Waals surface area contributed by atoms with Crippen molar-refractivity contribution >= 4 is 29.1 Å². The van der Waals surface area contributed by atoms with E-state index in [9.17, 15) is 14.4 Å². The minimum Gasteiger partial charge on any atom is -0.324 e. The largest absolute Gasteiger partial charge is 0.324 e. The number of amides is 3. The van der Waals surface area contributed by atoms with E-state index in [1.165, 1.54) is 0 Å². The quantitative estimate of drug-likeness (QED) is 0.614. The first-order valence-electron chi connectivity index (χ1n) is 11.7. The Morgan fingerprint density at radius 2 is 1.60 bits per heavy atom. The standard InChI is InChI=1S/C28H26N4O3/c1-18-15-25(33)30-31-26(18)19-11-13-23(14-12-19)29-27(34)24-16-21-9-5-6-10-22(21)17-32(24)28(35)20-7-3-2-4-8-20/h2-14,18,24H,15-17H2,1H3,(H,29,34)(H,30,33). The number of rotatable bonds is 4. The van der Waals surface area contributed by atoms with Crippen molar-refractivity contribution in [2.45, 2.75) is 32.4 Å². The number of nitrogens with one attached hydrogen (secondary N) is 2. The first kappa shape index (κ1) is 22.5. The summed E-state index contributed by atoms with van der Waals surface area (Å²) in [6, 6.07) is 23.8. The van der Waals surface area contributed by atoms with Crippen molar-refractivity contribution < 1.29 is 14.4 Å². The van der Waals surface area contributed by atoms with Crippen LogP contribution in [0.1, 0.15) is 40.4 Å². The summed E-state index contributed by atoms with van der Waals surface area (Å²) in [7, 11) is 0. The molecule has 0 bridgehead atoms. The molecule has 0 saturated heterocycles. The van der Waals surface area contributed by atoms with Crippen LogP contribution in [0.2, 0.25) is 0 Å². The summed E-state index contributed by atoms with van der Waals surface area (Å²) in [4.78, 5) is 40.0. The maximum absolute atomic E-state index is 13.4. The fraction of sp³-hybridized carbons (Fsp3) is 0.214. The van der Waals surface area contributed by atoms with Crippen LogP contribution in [0.4, 0.5) is 5.69 Å². The zero-order chi connectivity index (χ0) is 24.4. The number of benzene rings is 3. The Balaban J connectivity index is 1.37. The van der Waals surface area contributed by atoms with Crippen LogP contribution in [0, 0.1) is 5.92 Å². The third kappa shape index (κ3) is 4.71. The number of carbonyl (C=O) groups is 3. The van der Waals surface area contributed by atoms with E-state index in [2.05, 4.69) is 15.8 Å². The summed E-state index contributed by atoms with van der Waals surface area (Å²) >= 11 is 0. The van der Waals surface area contributed by atoms with Crippen molar-refractivity contribution in [2.24, 2.45) is 11.0 Å². The molecule has 2 aliphatic heterocycles. The molecule has 2 atom stereocenters. The van der Waals surface area contributed by atoms with Crippen LogP contribution >= 0.6 is 0 Å². The van der Waals surface area contributed by atoms with Gasteiger partial charge in [0.1, 0.15) is 6.04 Å². The van der Waals surface area contributed by atoms with E-state index in [4.69, 9.17) is 0 Å². The molecule has 0 spiro atoms. The predicted octanol–water partition coefficient (Wildman–Crippen LogP) is 3.75. The molecule has 2 unspecified atom stereocenters. The van der Waals surface area contributed by atoms with Gasteiger partial charge in [-0.25, -0.2) is 5.43 Å². The Bertz CT molecular complexity index is 1300. The third-order valence-corrected chi connectivity index (χ3v) is 6.54. The lowest BCUT2D eigenvalue weighted by Gasteiger charge is -2.36. The Hall–Kier alpha value is -4.26. The molecule has 7 heteroatoms. The lowest BCUT2D eigenvalue weighted by atomic mass is 9.92. The molecule has 3 aromatic rings. The molecular formula is C28H26N4O3. The summed E-state index contributed by atoms with van der Waals surface area (Å²) < 4.78 is 0. The van der Waals surface area contributed by atoms with Gasteiger partial charge in [-0.3, -0.25) is 14.4 Å². The normalized spacial score (nSPS) is 19.3. The number of nitrogens with zero attached hydrogens (tertiary/aromatic N) is 2. The number of anilines is 1. The zero-order valence-electron chi connectivity index (χ0n) is 19.4. The van der Waals surface area contributed by atoms with Crippen molar-refractivity contribution in [3.8, 4) is 0 Å². The number of hydrogen-bond acceptors (Lipinski definition) is 4. The molecule has 35 heavy (non-hydrogen) atoms. The Morgan fingerprint density at radius 3 is 2.31 bits per heavy atom. The van der Waals surface area contributed by atoms with E-state index >= 15 is 0 Å². The van der Waals surface area contributed by atoms with Crippen LogP contribution in [0.3, 0.4) is 0 Å². The highest BCUT2D eigenvalue weighted by molar-refractivity contribution is 6.06. The lowest BCUT2D eigenvalue weighted by Crippen LogP contribution is -2.50. The van der Waals surface area contributed by atoms with Gasteiger partial charge >= 0.3 is 0 Å². The lowest BCUT2D eigenvalue weighted by molar-refractivity contribution is -0.122. The third-order valence-electron chi connectivity index (χ3n) is 6.54. The van der Waals surface area contributed by atoms with Crippen LogP contribution in [0.5, 0.6) is 0 Å². The average Bonchev–Trinajstić information content (AvgIpc) is 2.88. The molecule has 3 amide bonds. The maximum atomic E-state index is 13.4. The summed E-state index contributed by atoms with van der Waals surface area (Å²) in [6.07, 6.45) is 0.846. The SMILES string of the molecule is CC1CC(=O)NN=C1c1ccc(NC(=O)C2Cc3ccccc3CN2C(=O)c2ccccc2)cc1. The minimum absolute atomic E-state index is 0.0176. The molecule has 2 aliphatic rings. The number of hydrazone groups is 1. The summed E-state index contributed by atoms with van der Waals surface area (Å²) in [5, 5.41) is 7.18. The predicted molar refractivity (Wildman–Crippen MR) is 134 cm³/mol. The summed E-state index contributed by atoms with van der Waals surface area (Å²) in [5.41, 5.74) is 7.56. The summed E-state index contributed by atoms with van der Waals surface area (Å²) in [5.74, 6) is -0.466. The van der Waals surface area contributed by atoms with Crippen LogP contribution in [0.25, 0.3) is 0 Å². The Kier molecular flexibility index (Phi) is 6.14. The monoisotopic (exact) mass is 466 g/mol. The molecule has 176 valence electrons. The second-order valence-corrected chi connectivity index (χ2v) is 8.99. The molecule has 0 aliphatic carbocycles. The molecule has 3 aromatic carbocycles. The zero-order valence-corrected chi connectivity index (χ0v) is 19.4. The van der Waals surface area contributed by atoms with Gasteiger partial charge in [-0.1, -0.05) is 61.5 Å². The highest BCUT2D eigenvalue weighted by Gasteiger charge is 2.35. The van der Waals surface area contributed by atoms with Crippen LogP contribution in [-0.4, -0.2) is 34.4 Å². The first-order chi connectivity index (χ1) is 17.0. The second kappa shape index (κ2) is 9.54. The molecule has 7 nitrogen and oxygen atoms in total. The van der Waals surface area contributed by atoms with Gasteiger partial charge in [-0.2, -0.15) is 5.10 Å². The van der Waals surface area contributed by atoms with Crippen molar-refractivity contribution in [3.05, 3.63) is 101 Å². The van der Waals surface area contributed by atoms with E-state index in [1.54, 1.807) is 17.0 Å². The van der Waals surface area contributed by atoms with Gasteiger partial charge in [-0.05, 0) is 41.0 Å². The van der Waals surface area contributed by atoms with Crippen molar-refractivity contribution in [1.82, 2.24) is 10.3 Å². The molecule has 2 heterocycles. The number of hydrogen-bond donors (Lipinski definition) is 2. The van der Waals surface area contributed by atoms with Crippen LogP contribution in [-0.2, 0) is 22.6 Å². The van der Waals surface area contributed by atoms with Crippen molar-refractivity contribution in [1.29, 1.82) is 0 Å². The smallest absolute Gasteiger partial charge is 0.254 e. The highest BCUT2D eigenvalue weighted by atomic mass is 16.2. The Morgan fingerprint density at radius 1 is 0.914 bits per heavy atom. The fourth-order valence-electron chi connectivity index (χ4n) is 4.67. The van der Waals surface area contributed by atoms with Gasteiger partial charge in [0.2, 0.25) is 11.8 Å². The topological polar surface area (TPSA) is 90.9 Å². The molecule has 2 N–H and O–H groups in total. The molecule has 0 fully saturated rings. The van der Waals surface area contributed by atoms with E-state index in [0.29, 0.717) is 30.6 Å². The molecular weight excluding hydrogens is 440 g/mol. The van der Waals surface area contributed by atoms with E-state index in [-0.39, 0.29) is 23.6 Å². The van der Waals surface area contributed by atoms with Crippen LogP contribution in [0.15, 0.2) is 84.0 Å². The molecule has 5 rings (SSSR count). The van der Waals surface area contributed by atoms with Gasteiger partial charge in [0.05, 0.1) is 5.71 Å². The number of carbonyl (C=O) groups excluding carboxylic acids is 3. The van der Waals surface area contributed by atoms with Gasteiger partial charge in [-0.15, -0.1) is 0 Å². The van der Waals surface area contributed by atoms with Crippen molar-refractivity contribution in [2.75, 3.05) is 5.32 Å². The Labute approximate surface area is 203 Å². The molecule has 0 aromatic heterocycles. The fourth-order valence-corrected chi connectivity index (χ4v) is 4.67. The minimum atomic E-state index is -0.629. The van der Waals surface area contributed by atoms with Gasteiger partial charge in [0, 0.05) is 36.6 Å². The second-order valence-electron chi connectivity index (χ2n) is 8.99. The van der Waals surface area contributed by atoms with Crippen LogP contribution < -0.4 is 10.7 Å². The first-order valence-corrected chi connectivity index (χ1v) is 11.7. The molecule has 0 radical (unpaired) electrons. The summed E-state index contributed by atoms with van der Waals surface area (Å²) in [6.45, 7) is 2.34. The van der Waals surface area contributed by atoms with Gasteiger partial charge < -0.3 is 10.2 Å². The van der Waals surface area contributed by atoms with E-state index in [1.807, 2.05) is 73.7 Å². The highest BCUT2D eigenvalue weighted by Crippen LogP contribution is 2.26. The van der Waals surface area contributed by atoms with Crippen molar-refractivity contribution in [3.63, 3.8) is 0 Å². The van der Waals surface area contributed by atoms with E-state index in [0.717, 1.165) is 22.4 Å². The average molecular weight is 467 g/mol.